The van der Waals surface area contributed by atoms with E-state index in [1.54, 1.807) is 47.3 Å². The molecule has 6 nitrogen and oxygen atoms in total. The number of rotatable bonds is 5. The highest BCUT2D eigenvalue weighted by Gasteiger charge is 2.09. The summed E-state index contributed by atoms with van der Waals surface area (Å²) in [5, 5.41) is 11.0. The lowest BCUT2D eigenvalue weighted by atomic mass is 10.0. The first-order valence-electron chi connectivity index (χ1n) is 10.9. The van der Waals surface area contributed by atoms with Crippen LogP contribution in [-0.2, 0) is 7.05 Å². The average Bonchev–Trinajstić information content (AvgIpc) is 3.27. The molecule has 0 radical (unpaired) electrons. The summed E-state index contributed by atoms with van der Waals surface area (Å²) in [4.78, 5) is 17.3. The van der Waals surface area contributed by atoms with Crippen LogP contribution in [0.1, 0.15) is 34.0 Å². The Labute approximate surface area is 204 Å². The maximum Gasteiger partial charge on any atom is 0.255 e. The van der Waals surface area contributed by atoms with Crippen molar-refractivity contribution in [1.29, 1.82) is 0 Å². The number of hydrogen-bond donors (Lipinski definition) is 2. The van der Waals surface area contributed by atoms with E-state index < -0.39 is 0 Å². The quantitative estimate of drug-likeness (QED) is 0.377. The van der Waals surface area contributed by atoms with Crippen molar-refractivity contribution in [2.24, 2.45) is 7.05 Å². The largest absolute Gasteiger partial charge is 0.369 e. The van der Waals surface area contributed by atoms with E-state index in [2.05, 4.69) is 32.6 Å². The van der Waals surface area contributed by atoms with Crippen molar-refractivity contribution < 1.29 is 4.79 Å². The fraction of sp³-hybridized carbons (Fsp3) is 0.148. The van der Waals surface area contributed by atoms with E-state index in [0.717, 1.165) is 40.2 Å². The Morgan fingerprint density at radius 2 is 1.79 bits per heavy atom. The van der Waals surface area contributed by atoms with Crippen LogP contribution in [0.4, 0.5) is 11.5 Å². The first-order chi connectivity index (χ1) is 16.4. The van der Waals surface area contributed by atoms with Crippen LogP contribution in [0.15, 0.2) is 67.1 Å². The molecule has 34 heavy (non-hydrogen) atoms. The summed E-state index contributed by atoms with van der Waals surface area (Å²) in [5.41, 5.74) is 5.65. The first kappa shape index (κ1) is 23.1. The highest BCUT2D eigenvalue weighted by molar-refractivity contribution is 6.30. The van der Waals surface area contributed by atoms with Crippen LogP contribution in [0, 0.1) is 18.8 Å². The van der Waals surface area contributed by atoms with Crippen LogP contribution in [-0.4, -0.2) is 27.2 Å². The Hall–Kier alpha value is -4.08. The smallest absolute Gasteiger partial charge is 0.255 e. The SMILES string of the molecule is CCNc1ncc(-c2cnn(C)c2)cc1C#Cc1cc(C(=O)Nc2ccc(Cl)cc2)ccc1C. The van der Waals surface area contributed by atoms with Crippen molar-refractivity contribution in [3.8, 4) is 23.0 Å². The van der Waals surface area contributed by atoms with Gasteiger partial charge >= 0.3 is 0 Å². The van der Waals surface area contributed by atoms with E-state index >= 15 is 0 Å². The van der Waals surface area contributed by atoms with Gasteiger partial charge in [0.25, 0.3) is 5.91 Å². The van der Waals surface area contributed by atoms with E-state index in [9.17, 15) is 4.79 Å². The molecular formula is C27H24ClN5O. The van der Waals surface area contributed by atoms with E-state index in [1.807, 2.05) is 45.4 Å². The molecule has 0 bridgehead atoms. The highest BCUT2D eigenvalue weighted by atomic mass is 35.5. The predicted octanol–water partition coefficient (Wildman–Crippen LogP) is 5.53. The van der Waals surface area contributed by atoms with Crippen molar-refractivity contribution in [3.63, 3.8) is 0 Å². The molecular weight excluding hydrogens is 446 g/mol. The van der Waals surface area contributed by atoms with E-state index in [1.165, 1.54) is 0 Å². The summed E-state index contributed by atoms with van der Waals surface area (Å²) < 4.78 is 1.75. The number of aromatic nitrogens is 3. The summed E-state index contributed by atoms with van der Waals surface area (Å²) in [6.45, 7) is 4.72. The number of carbonyl (C=O) groups excluding carboxylic acids is 1. The van der Waals surface area contributed by atoms with Crippen LogP contribution in [0.2, 0.25) is 5.02 Å². The van der Waals surface area contributed by atoms with E-state index in [4.69, 9.17) is 11.6 Å². The van der Waals surface area contributed by atoms with Gasteiger partial charge in [-0.05, 0) is 61.9 Å². The molecule has 4 aromatic rings. The number of aryl methyl sites for hydroxylation is 2. The van der Waals surface area contributed by atoms with Crippen LogP contribution < -0.4 is 10.6 Å². The van der Waals surface area contributed by atoms with Crippen LogP contribution >= 0.6 is 11.6 Å². The fourth-order valence-corrected chi connectivity index (χ4v) is 3.49. The second-order valence-electron chi connectivity index (χ2n) is 7.79. The third-order valence-corrected chi connectivity index (χ3v) is 5.46. The van der Waals surface area contributed by atoms with Gasteiger partial charge in [-0.1, -0.05) is 29.5 Å². The van der Waals surface area contributed by atoms with Crippen molar-refractivity contribution in [2.45, 2.75) is 13.8 Å². The molecule has 7 heteroatoms. The van der Waals surface area contributed by atoms with Crippen LogP contribution in [0.25, 0.3) is 11.1 Å². The highest BCUT2D eigenvalue weighted by Crippen LogP contribution is 2.23. The van der Waals surface area contributed by atoms with Gasteiger partial charge in [-0.15, -0.1) is 0 Å². The molecule has 0 atom stereocenters. The molecule has 2 heterocycles. The number of benzene rings is 2. The molecule has 4 rings (SSSR count). The minimum atomic E-state index is -0.209. The second-order valence-corrected chi connectivity index (χ2v) is 8.23. The summed E-state index contributed by atoms with van der Waals surface area (Å²) in [5.74, 6) is 6.99. The summed E-state index contributed by atoms with van der Waals surface area (Å²) >= 11 is 5.92. The molecule has 0 saturated heterocycles. The monoisotopic (exact) mass is 469 g/mol. The zero-order chi connectivity index (χ0) is 24.1. The molecule has 2 aromatic carbocycles. The molecule has 0 unspecified atom stereocenters. The Bertz CT molecular complexity index is 1400. The number of hydrogen-bond acceptors (Lipinski definition) is 4. The van der Waals surface area contributed by atoms with Gasteiger partial charge in [-0.3, -0.25) is 9.48 Å². The summed E-state index contributed by atoms with van der Waals surface area (Å²) in [6, 6.07) is 14.5. The Kier molecular flexibility index (Phi) is 6.95. The molecule has 0 aliphatic heterocycles. The number of amides is 1. The van der Waals surface area contributed by atoms with Gasteiger partial charge in [0, 0.05) is 58.9 Å². The molecule has 0 spiro atoms. The van der Waals surface area contributed by atoms with E-state index in [-0.39, 0.29) is 5.91 Å². The van der Waals surface area contributed by atoms with Crippen LogP contribution in [0.5, 0.6) is 0 Å². The van der Waals surface area contributed by atoms with Gasteiger partial charge in [0.05, 0.1) is 11.8 Å². The molecule has 2 aromatic heterocycles. The van der Waals surface area contributed by atoms with Crippen molar-refractivity contribution in [2.75, 3.05) is 17.2 Å². The standard InChI is InChI=1S/C27H24ClN5O/c1-4-29-26-20(14-22(15-30-26)23-16-31-33(3)17-23)8-7-19-13-21(6-5-18(19)2)27(34)32-25-11-9-24(28)10-12-25/h5-6,9-17H,4H2,1-3H3,(H,29,30)(H,32,34). The number of halogens is 1. The molecule has 2 N–H and O–H groups in total. The van der Waals surface area contributed by atoms with E-state index in [0.29, 0.717) is 16.3 Å². The van der Waals surface area contributed by atoms with Gasteiger partial charge in [0.15, 0.2) is 0 Å². The van der Waals surface area contributed by atoms with Gasteiger partial charge in [0.2, 0.25) is 0 Å². The Morgan fingerprint density at radius 3 is 2.50 bits per heavy atom. The molecule has 0 fully saturated rings. The zero-order valence-corrected chi connectivity index (χ0v) is 19.9. The fourth-order valence-electron chi connectivity index (χ4n) is 3.37. The second kappa shape index (κ2) is 10.2. The van der Waals surface area contributed by atoms with Crippen molar-refractivity contribution in [3.05, 3.63) is 94.4 Å². The average molecular weight is 470 g/mol. The van der Waals surface area contributed by atoms with Gasteiger partial charge < -0.3 is 10.6 Å². The van der Waals surface area contributed by atoms with Gasteiger partial charge in [-0.25, -0.2) is 4.98 Å². The number of anilines is 2. The Morgan fingerprint density at radius 1 is 1.03 bits per heavy atom. The first-order valence-corrected chi connectivity index (χ1v) is 11.2. The minimum absolute atomic E-state index is 0.209. The molecule has 0 saturated carbocycles. The van der Waals surface area contributed by atoms with Gasteiger partial charge in [0.1, 0.15) is 5.82 Å². The number of carbonyl (C=O) groups is 1. The third-order valence-electron chi connectivity index (χ3n) is 5.20. The topological polar surface area (TPSA) is 71.8 Å². The summed E-state index contributed by atoms with van der Waals surface area (Å²) in [6.07, 6.45) is 5.55. The summed E-state index contributed by atoms with van der Waals surface area (Å²) in [7, 11) is 1.88. The number of nitrogens with zero attached hydrogens (tertiary/aromatic N) is 3. The minimum Gasteiger partial charge on any atom is -0.369 e. The van der Waals surface area contributed by atoms with Crippen molar-refractivity contribution >= 4 is 29.0 Å². The van der Waals surface area contributed by atoms with Crippen LogP contribution in [0.3, 0.4) is 0 Å². The molecule has 170 valence electrons. The number of pyridine rings is 1. The number of nitrogens with one attached hydrogen (secondary N) is 2. The van der Waals surface area contributed by atoms with Gasteiger partial charge in [-0.2, -0.15) is 5.10 Å². The molecule has 0 aliphatic rings. The predicted molar refractivity (Wildman–Crippen MR) is 137 cm³/mol. The zero-order valence-electron chi connectivity index (χ0n) is 19.2. The lowest BCUT2D eigenvalue weighted by Gasteiger charge is -2.08. The lowest BCUT2D eigenvalue weighted by molar-refractivity contribution is 0.102. The third kappa shape index (κ3) is 5.45. The Balaban J connectivity index is 1.64. The molecule has 0 aliphatic carbocycles. The lowest BCUT2D eigenvalue weighted by Crippen LogP contribution is -2.12. The maximum absolute atomic E-state index is 12.8. The normalized spacial score (nSPS) is 10.4. The molecule has 1 amide bonds. The van der Waals surface area contributed by atoms with Crippen molar-refractivity contribution in [1.82, 2.24) is 14.8 Å². The maximum atomic E-state index is 12.8.